The molecule has 0 bridgehead atoms. The zero-order valence-electron chi connectivity index (χ0n) is 15.9. The maximum Gasteiger partial charge on any atom is 0.272 e. The number of rotatable bonds is 7. The second kappa shape index (κ2) is 8.27. The Morgan fingerprint density at radius 1 is 1.10 bits per heavy atom. The molecule has 0 N–H and O–H groups in total. The molecule has 8 nitrogen and oxygen atoms in total. The second-order valence-electron chi connectivity index (χ2n) is 6.46. The highest BCUT2D eigenvalue weighted by atomic mass is 19.3. The van der Waals surface area contributed by atoms with E-state index >= 15 is 0 Å². The van der Waals surface area contributed by atoms with Crippen LogP contribution in [-0.4, -0.2) is 37.6 Å². The first-order valence-corrected chi connectivity index (χ1v) is 8.99. The van der Waals surface area contributed by atoms with Gasteiger partial charge in [-0.15, -0.1) is 0 Å². The Morgan fingerprint density at radius 3 is 2.70 bits per heavy atom. The zero-order chi connectivity index (χ0) is 21.1. The topological polar surface area (TPSA) is 84.1 Å². The van der Waals surface area contributed by atoms with Crippen molar-refractivity contribution in [1.82, 2.24) is 24.5 Å². The molecule has 154 valence electrons. The minimum absolute atomic E-state index is 0.0412. The highest BCUT2D eigenvalue weighted by Crippen LogP contribution is 2.23. The van der Waals surface area contributed by atoms with Gasteiger partial charge in [0, 0.05) is 24.7 Å². The standard InChI is InChI=1S/C20H17F2N5O3/c1-26-10-14(8-24-26)27-5-4-19(28)18(25-27)11-29-15-2-3-17-13(6-15)7-16(9-23-17)30-12-20(21)22/h2-10,20H,11-12H2,1H3. The summed E-state index contributed by atoms with van der Waals surface area (Å²) in [6, 6.07) is 8.15. The van der Waals surface area contributed by atoms with Gasteiger partial charge in [-0.2, -0.15) is 10.2 Å². The van der Waals surface area contributed by atoms with Gasteiger partial charge in [0.15, 0.2) is 0 Å². The second-order valence-corrected chi connectivity index (χ2v) is 6.46. The van der Waals surface area contributed by atoms with Crippen LogP contribution in [0.3, 0.4) is 0 Å². The Labute approximate surface area is 169 Å². The molecule has 10 heteroatoms. The van der Waals surface area contributed by atoms with Gasteiger partial charge >= 0.3 is 0 Å². The van der Waals surface area contributed by atoms with E-state index < -0.39 is 13.0 Å². The van der Waals surface area contributed by atoms with Crippen molar-refractivity contribution < 1.29 is 18.3 Å². The minimum atomic E-state index is -2.57. The van der Waals surface area contributed by atoms with Crippen molar-refractivity contribution in [2.24, 2.45) is 7.05 Å². The summed E-state index contributed by atoms with van der Waals surface area (Å²) in [5.41, 5.74) is 1.35. The molecule has 0 unspecified atom stereocenters. The molecule has 0 aliphatic rings. The first-order valence-electron chi connectivity index (χ1n) is 8.99. The summed E-state index contributed by atoms with van der Waals surface area (Å²) in [6.07, 6.45) is 3.79. The predicted molar refractivity (Wildman–Crippen MR) is 104 cm³/mol. The van der Waals surface area contributed by atoms with Crippen LogP contribution in [0.1, 0.15) is 5.69 Å². The van der Waals surface area contributed by atoms with E-state index in [0.717, 1.165) is 0 Å². The Bertz CT molecular complexity index is 1240. The molecule has 0 atom stereocenters. The third kappa shape index (κ3) is 4.43. The molecule has 4 aromatic rings. The lowest BCUT2D eigenvalue weighted by atomic mass is 10.2. The number of aromatic nitrogens is 5. The van der Waals surface area contributed by atoms with Crippen molar-refractivity contribution in [1.29, 1.82) is 0 Å². The lowest BCUT2D eigenvalue weighted by Gasteiger charge is -2.09. The monoisotopic (exact) mass is 413 g/mol. The number of hydrogen-bond donors (Lipinski definition) is 0. The van der Waals surface area contributed by atoms with Gasteiger partial charge in [0.05, 0.1) is 24.1 Å². The summed E-state index contributed by atoms with van der Waals surface area (Å²) in [5.74, 6) is 0.720. The minimum Gasteiger partial charge on any atom is -0.487 e. The van der Waals surface area contributed by atoms with Crippen LogP contribution in [0.2, 0.25) is 0 Å². The molecule has 1 aromatic carbocycles. The average molecular weight is 413 g/mol. The molecule has 3 heterocycles. The molecule has 0 spiro atoms. The molecule has 30 heavy (non-hydrogen) atoms. The molecule has 3 aromatic heterocycles. The van der Waals surface area contributed by atoms with Crippen LogP contribution in [0, 0.1) is 0 Å². The highest BCUT2D eigenvalue weighted by Gasteiger charge is 2.08. The van der Waals surface area contributed by atoms with Crippen LogP contribution in [0.15, 0.2) is 59.9 Å². The SMILES string of the molecule is Cn1cc(-n2ccc(=O)c(COc3ccc4ncc(OCC(F)F)cc4c3)n2)cn1. The normalized spacial score (nSPS) is 11.2. The van der Waals surface area contributed by atoms with E-state index in [0.29, 0.717) is 22.3 Å². The Balaban J connectivity index is 1.52. The number of ether oxygens (including phenoxy) is 2. The van der Waals surface area contributed by atoms with Gasteiger partial charge in [0.2, 0.25) is 5.43 Å². The molecule has 0 aliphatic carbocycles. The highest BCUT2D eigenvalue weighted by molar-refractivity contribution is 5.81. The molecule has 4 rings (SSSR count). The fourth-order valence-electron chi connectivity index (χ4n) is 2.79. The third-order valence-corrected chi connectivity index (χ3v) is 4.21. The number of pyridine rings is 1. The van der Waals surface area contributed by atoms with Crippen molar-refractivity contribution in [3.05, 3.63) is 71.0 Å². The van der Waals surface area contributed by atoms with Gasteiger partial charge in [-0.1, -0.05) is 0 Å². The molecular formula is C20H17F2N5O3. The number of nitrogens with zero attached hydrogens (tertiary/aromatic N) is 5. The maximum atomic E-state index is 12.3. The van der Waals surface area contributed by atoms with Crippen LogP contribution in [-0.2, 0) is 13.7 Å². The molecule has 0 fully saturated rings. The number of aryl methyl sites for hydroxylation is 1. The summed E-state index contributed by atoms with van der Waals surface area (Å²) < 4.78 is 38.6. The van der Waals surface area contributed by atoms with E-state index in [-0.39, 0.29) is 23.5 Å². The van der Waals surface area contributed by atoms with Crippen LogP contribution in [0.5, 0.6) is 11.5 Å². The fourth-order valence-corrected chi connectivity index (χ4v) is 2.79. The zero-order valence-corrected chi connectivity index (χ0v) is 15.9. The number of fused-ring (bicyclic) bond motifs is 1. The van der Waals surface area contributed by atoms with Gasteiger partial charge < -0.3 is 9.47 Å². The van der Waals surface area contributed by atoms with Crippen LogP contribution >= 0.6 is 0 Å². The number of benzene rings is 1. The summed E-state index contributed by atoms with van der Waals surface area (Å²) in [7, 11) is 1.79. The molecule has 0 saturated carbocycles. The molecule has 0 aliphatic heterocycles. The average Bonchev–Trinajstić information content (AvgIpc) is 3.17. The van der Waals surface area contributed by atoms with Crippen molar-refractivity contribution in [2.45, 2.75) is 13.0 Å². The molecule has 0 radical (unpaired) electrons. The Hall–Kier alpha value is -3.82. The molecule has 0 saturated heterocycles. The van der Waals surface area contributed by atoms with Gasteiger partial charge in [-0.3, -0.25) is 14.5 Å². The smallest absolute Gasteiger partial charge is 0.272 e. The summed E-state index contributed by atoms with van der Waals surface area (Å²) in [5, 5.41) is 9.06. The van der Waals surface area contributed by atoms with Crippen molar-refractivity contribution >= 4 is 10.9 Å². The van der Waals surface area contributed by atoms with E-state index in [2.05, 4.69) is 15.2 Å². The summed E-state index contributed by atoms with van der Waals surface area (Å²) in [6.45, 7) is -0.743. The van der Waals surface area contributed by atoms with E-state index in [1.165, 1.54) is 12.3 Å². The first kappa shape index (κ1) is 19.5. The van der Waals surface area contributed by atoms with Crippen LogP contribution < -0.4 is 14.9 Å². The van der Waals surface area contributed by atoms with Gasteiger partial charge in [-0.25, -0.2) is 13.5 Å². The Kier molecular flexibility index (Phi) is 5.38. The number of halogens is 2. The van der Waals surface area contributed by atoms with Crippen molar-refractivity contribution in [3.63, 3.8) is 0 Å². The van der Waals surface area contributed by atoms with Gasteiger partial charge in [0.25, 0.3) is 6.43 Å². The van der Waals surface area contributed by atoms with Crippen molar-refractivity contribution in [2.75, 3.05) is 6.61 Å². The maximum absolute atomic E-state index is 12.3. The number of hydrogen-bond acceptors (Lipinski definition) is 6. The van der Waals surface area contributed by atoms with Gasteiger partial charge in [-0.05, 0) is 24.3 Å². The van der Waals surface area contributed by atoms with E-state index in [1.807, 2.05) is 0 Å². The van der Waals surface area contributed by atoms with E-state index in [1.54, 1.807) is 59.3 Å². The summed E-state index contributed by atoms with van der Waals surface area (Å²) in [4.78, 5) is 16.3. The molecule has 0 amide bonds. The third-order valence-electron chi connectivity index (χ3n) is 4.21. The Morgan fingerprint density at radius 2 is 1.93 bits per heavy atom. The molecular weight excluding hydrogens is 396 g/mol. The lowest BCUT2D eigenvalue weighted by Crippen LogP contribution is -2.17. The van der Waals surface area contributed by atoms with Crippen LogP contribution in [0.25, 0.3) is 16.6 Å². The van der Waals surface area contributed by atoms with Crippen LogP contribution in [0.4, 0.5) is 8.78 Å². The first-order chi connectivity index (χ1) is 14.5. The van der Waals surface area contributed by atoms with Crippen molar-refractivity contribution in [3.8, 4) is 17.2 Å². The van der Waals surface area contributed by atoms with Gasteiger partial charge in [0.1, 0.15) is 36.1 Å². The number of alkyl halides is 2. The lowest BCUT2D eigenvalue weighted by molar-refractivity contribution is 0.0818. The van der Waals surface area contributed by atoms with E-state index in [9.17, 15) is 13.6 Å². The largest absolute Gasteiger partial charge is 0.487 e. The predicted octanol–water partition coefficient (Wildman–Crippen LogP) is 2.74. The fraction of sp³-hybridized carbons (Fsp3) is 0.200. The summed E-state index contributed by atoms with van der Waals surface area (Å²) >= 11 is 0. The van der Waals surface area contributed by atoms with E-state index in [4.69, 9.17) is 9.47 Å². The quantitative estimate of drug-likeness (QED) is 0.463.